The predicted octanol–water partition coefficient (Wildman–Crippen LogP) is 0.926. The molecule has 0 aliphatic rings. The van der Waals surface area contributed by atoms with Crippen LogP contribution >= 0.6 is 0 Å². The third-order valence-electron chi connectivity index (χ3n) is 3.68. The monoisotopic (exact) mass is 388 g/mol. The summed E-state index contributed by atoms with van der Waals surface area (Å²) in [6, 6.07) is 10.2. The van der Waals surface area contributed by atoms with E-state index in [-0.39, 0.29) is 62.0 Å². The van der Waals surface area contributed by atoms with Crippen LogP contribution in [0.1, 0.15) is 38.2 Å². The molecule has 2 aromatic carbocycles. The summed E-state index contributed by atoms with van der Waals surface area (Å²) in [6.07, 6.45) is 4.81. The van der Waals surface area contributed by atoms with E-state index in [1.807, 2.05) is 0 Å². The largest absolute Gasteiger partial charge is 1.00 e. The van der Waals surface area contributed by atoms with Crippen molar-refractivity contribution < 1.29 is 74.2 Å². The molecule has 0 saturated heterocycles. The first-order valence-electron chi connectivity index (χ1n) is 7.95. The van der Waals surface area contributed by atoms with Crippen LogP contribution in [0.3, 0.4) is 0 Å². The smallest absolute Gasteiger partial charge is 0.872 e. The molecule has 0 fully saturated rings. The molecule has 0 heterocycles. The average molecular weight is 389 g/mol. The molecule has 0 aliphatic heterocycles. The third-order valence-corrected chi connectivity index (χ3v) is 4.53. The van der Waals surface area contributed by atoms with Gasteiger partial charge in [0.2, 0.25) is 0 Å². The predicted molar refractivity (Wildman–Crippen MR) is 90.1 cm³/mol. The molecule has 0 atom stereocenters. The minimum atomic E-state index is -4.25. The van der Waals surface area contributed by atoms with Crippen molar-refractivity contribution >= 4 is 10.1 Å². The summed E-state index contributed by atoms with van der Waals surface area (Å²) >= 11 is 0. The van der Waals surface area contributed by atoms with Crippen LogP contribution in [0.5, 0.6) is 17.2 Å². The van der Waals surface area contributed by atoms with Gasteiger partial charge in [-0.1, -0.05) is 38.3 Å². The second-order valence-corrected chi connectivity index (χ2v) is 7.05. The Labute approximate surface area is 191 Å². The minimum Gasteiger partial charge on any atom is -0.872 e. The fourth-order valence-corrected chi connectivity index (χ4v) is 2.92. The first-order valence-corrected chi connectivity index (χ1v) is 9.39. The van der Waals surface area contributed by atoms with Crippen molar-refractivity contribution in [3.8, 4) is 17.2 Å². The molecule has 0 bridgehead atoms. The normalized spacial score (nSPS) is 11.0. The van der Waals surface area contributed by atoms with E-state index in [2.05, 4.69) is 6.92 Å². The summed E-state index contributed by atoms with van der Waals surface area (Å²) < 4.78 is 37.7. The molecule has 0 spiro atoms. The van der Waals surface area contributed by atoms with Gasteiger partial charge in [-0.05, 0) is 48.7 Å². The van der Waals surface area contributed by atoms with Crippen LogP contribution in [-0.4, -0.2) is 13.0 Å². The quantitative estimate of drug-likeness (QED) is 0.413. The van der Waals surface area contributed by atoms with E-state index in [0.717, 1.165) is 25.7 Å². The van der Waals surface area contributed by atoms with E-state index in [1.165, 1.54) is 30.3 Å². The third kappa shape index (κ3) is 7.38. The number of rotatable bonds is 8. The Morgan fingerprint density at radius 1 is 1.04 bits per heavy atom. The molecule has 0 aromatic heterocycles. The Morgan fingerprint density at radius 2 is 1.72 bits per heavy atom. The van der Waals surface area contributed by atoms with Crippen LogP contribution in [0.25, 0.3) is 0 Å². The fraction of sp³-hybridized carbons (Fsp3) is 0.333. The van der Waals surface area contributed by atoms with Crippen molar-refractivity contribution in [1.82, 2.24) is 0 Å². The van der Waals surface area contributed by atoms with E-state index in [1.54, 1.807) is 12.1 Å². The van der Waals surface area contributed by atoms with Gasteiger partial charge in [0.25, 0.3) is 10.1 Å². The topological polar surface area (TPSA) is 86.7 Å². The second-order valence-electron chi connectivity index (χ2n) is 5.63. The number of ether oxygens (including phenoxy) is 1. The number of benzene rings is 2. The van der Waals surface area contributed by atoms with Gasteiger partial charge in [0.1, 0.15) is 11.5 Å². The molecule has 0 saturated carbocycles. The molecule has 0 amide bonds. The van der Waals surface area contributed by atoms with Crippen LogP contribution in [0.15, 0.2) is 47.4 Å². The summed E-state index contributed by atoms with van der Waals surface area (Å²) in [5.41, 5.74) is 0.715. The van der Waals surface area contributed by atoms with Crippen LogP contribution in [0.4, 0.5) is 0 Å². The van der Waals surface area contributed by atoms with Gasteiger partial charge in [-0.25, -0.2) is 0 Å². The summed E-state index contributed by atoms with van der Waals surface area (Å²) in [5, 5.41) is 11.1. The van der Waals surface area contributed by atoms with E-state index in [4.69, 9.17) is 4.74 Å². The summed E-state index contributed by atoms with van der Waals surface area (Å²) in [4.78, 5) is -0.143. The van der Waals surface area contributed by atoms with Gasteiger partial charge >= 0.3 is 51.4 Å². The Balaban J connectivity index is 0.00000312. The van der Waals surface area contributed by atoms with Gasteiger partial charge in [0, 0.05) is 0 Å². The van der Waals surface area contributed by atoms with E-state index in [0.29, 0.717) is 23.5 Å². The maximum Gasteiger partial charge on any atom is 1.00 e. The molecule has 25 heavy (non-hydrogen) atoms. The van der Waals surface area contributed by atoms with Crippen molar-refractivity contribution in [1.29, 1.82) is 0 Å². The number of unbranched alkanes of at least 4 members (excludes halogenated alkanes) is 3. The first kappa shape index (κ1) is 22.6. The van der Waals surface area contributed by atoms with Crippen molar-refractivity contribution in [2.24, 2.45) is 0 Å². The summed E-state index contributed by atoms with van der Waals surface area (Å²) in [5.74, 6) is 0.922. The summed E-state index contributed by atoms with van der Waals surface area (Å²) in [6.45, 7) is 2.12. The molecule has 0 aliphatic carbocycles. The van der Waals surface area contributed by atoms with Gasteiger partial charge in [-0.15, -0.1) is 5.75 Å². The average Bonchev–Trinajstić information content (AvgIpc) is 2.54. The van der Waals surface area contributed by atoms with E-state index >= 15 is 0 Å². The van der Waals surface area contributed by atoms with Gasteiger partial charge in [-0.2, -0.15) is 8.42 Å². The van der Waals surface area contributed by atoms with Crippen LogP contribution in [0.2, 0.25) is 0 Å². The molecule has 1 N–H and O–H groups in total. The Bertz CT molecular complexity index is 773. The van der Waals surface area contributed by atoms with Crippen LogP contribution < -0.4 is 61.2 Å². The molecular weight excluding hydrogens is 367 g/mol. The molecule has 2 aromatic rings. The van der Waals surface area contributed by atoms with Crippen molar-refractivity contribution in [3.63, 3.8) is 0 Å². The molecule has 130 valence electrons. The van der Waals surface area contributed by atoms with Crippen molar-refractivity contribution in [2.45, 2.75) is 43.9 Å². The zero-order valence-corrected chi connectivity index (χ0v) is 18.5. The van der Waals surface area contributed by atoms with Gasteiger partial charge in [0.15, 0.2) is 0 Å². The molecule has 0 unspecified atom stereocenters. The maximum absolute atomic E-state index is 11.3. The molecule has 0 radical (unpaired) electrons. The van der Waals surface area contributed by atoms with E-state index in [9.17, 15) is 18.1 Å². The zero-order chi connectivity index (χ0) is 17.6. The Hall–Kier alpha value is -0.414. The van der Waals surface area contributed by atoms with Gasteiger partial charge in [-0.3, -0.25) is 4.55 Å². The SMILES string of the molecule is CCCCCCc1cc(S(=O)(=O)O)ccc1Oc1ccc([O-])cc1.[K+]. The Morgan fingerprint density at radius 3 is 2.32 bits per heavy atom. The van der Waals surface area contributed by atoms with Crippen LogP contribution in [0, 0.1) is 0 Å². The molecular formula is C18H21KO5S. The first-order chi connectivity index (χ1) is 11.4. The number of aryl methyl sites for hydroxylation is 1. The Kier molecular flexibility index (Phi) is 9.65. The van der Waals surface area contributed by atoms with Gasteiger partial charge in [0.05, 0.1) is 4.90 Å². The number of hydrogen-bond acceptors (Lipinski definition) is 4. The van der Waals surface area contributed by atoms with E-state index < -0.39 is 10.1 Å². The zero-order valence-electron chi connectivity index (χ0n) is 14.6. The molecule has 2 rings (SSSR count). The molecule has 5 nitrogen and oxygen atoms in total. The standard InChI is InChI=1S/C18H22O5S.K/c1-2-3-4-5-6-14-13-17(24(20,21)22)11-12-18(14)23-16-9-7-15(19)8-10-16;/h7-13,19H,2-6H2,1H3,(H,20,21,22);/q;+1/p-1. The second kappa shape index (κ2) is 10.7. The van der Waals surface area contributed by atoms with Crippen LogP contribution in [-0.2, 0) is 16.5 Å². The van der Waals surface area contributed by atoms with Crippen molar-refractivity contribution in [3.05, 3.63) is 48.0 Å². The number of hydrogen-bond donors (Lipinski definition) is 1. The summed E-state index contributed by atoms with van der Waals surface area (Å²) in [7, 11) is -4.25. The fourth-order valence-electron chi connectivity index (χ4n) is 2.39. The minimum absolute atomic E-state index is 0. The molecule has 7 heteroatoms. The van der Waals surface area contributed by atoms with Gasteiger partial charge < -0.3 is 9.84 Å². The maximum atomic E-state index is 11.3. The van der Waals surface area contributed by atoms with Crippen molar-refractivity contribution in [2.75, 3.05) is 0 Å².